The van der Waals surface area contributed by atoms with Gasteiger partial charge >= 0.3 is 0 Å². The van der Waals surface area contributed by atoms with Crippen LogP contribution in [0.25, 0.3) is 0 Å². The van der Waals surface area contributed by atoms with E-state index in [0.717, 1.165) is 3.92 Å². The van der Waals surface area contributed by atoms with Crippen molar-refractivity contribution in [3.05, 3.63) is 0 Å². The molecule has 0 spiro atoms. The number of alkyl halides is 2. The van der Waals surface area contributed by atoms with Crippen LogP contribution in [0.15, 0.2) is 0 Å². The van der Waals surface area contributed by atoms with Crippen LogP contribution in [0, 0.1) is 0 Å². The van der Waals surface area contributed by atoms with E-state index in [2.05, 4.69) is 52.1 Å². The SMILES string of the molecule is CC(I)CCCCCI. The van der Waals surface area contributed by atoms with Gasteiger partial charge in [0.2, 0.25) is 0 Å². The van der Waals surface area contributed by atoms with Crippen LogP contribution in [0.2, 0.25) is 0 Å². The second kappa shape index (κ2) is 7.57. The summed E-state index contributed by atoms with van der Waals surface area (Å²) in [6.07, 6.45) is 5.66. The zero-order valence-corrected chi connectivity index (χ0v) is 10.2. The molecule has 0 aromatic heterocycles. The molecule has 0 radical (unpaired) electrons. The predicted molar refractivity (Wildman–Crippen MR) is 60.8 cm³/mol. The molecule has 0 N–H and O–H groups in total. The minimum Gasteiger partial charge on any atom is -0.0864 e. The number of halogens is 2. The Kier molecular flexibility index (Phi) is 8.79. The molecule has 0 aliphatic heterocycles. The van der Waals surface area contributed by atoms with E-state index in [0.29, 0.717) is 0 Å². The summed E-state index contributed by atoms with van der Waals surface area (Å²) in [4.78, 5) is 0. The molecular formula is C7H14I2. The van der Waals surface area contributed by atoms with Gasteiger partial charge in [-0.25, -0.2) is 0 Å². The molecule has 0 aromatic carbocycles. The standard InChI is InChI=1S/C7H14I2/c1-7(9)5-3-2-4-6-8/h7H,2-6H2,1H3. The lowest BCUT2D eigenvalue weighted by molar-refractivity contribution is 0.680. The Morgan fingerprint density at radius 3 is 2.33 bits per heavy atom. The normalized spacial score (nSPS) is 13.7. The van der Waals surface area contributed by atoms with Crippen molar-refractivity contribution < 1.29 is 0 Å². The van der Waals surface area contributed by atoms with Crippen molar-refractivity contribution in [3.8, 4) is 0 Å². The van der Waals surface area contributed by atoms with Gasteiger partial charge in [-0.1, -0.05) is 64.9 Å². The van der Waals surface area contributed by atoms with E-state index < -0.39 is 0 Å². The first-order valence-corrected chi connectivity index (χ1v) is 6.24. The Morgan fingerprint density at radius 2 is 1.89 bits per heavy atom. The molecule has 0 nitrogen and oxygen atoms in total. The van der Waals surface area contributed by atoms with Crippen LogP contribution >= 0.6 is 45.2 Å². The van der Waals surface area contributed by atoms with Gasteiger partial charge in [-0.2, -0.15) is 0 Å². The minimum atomic E-state index is 0.872. The molecule has 0 aromatic rings. The van der Waals surface area contributed by atoms with Crippen LogP contribution in [0.3, 0.4) is 0 Å². The van der Waals surface area contributed by atoms with Crippen molar-refractivity contribution in [1.82, 2.24) is 0 Å². The summed E-state index contributed by atoms with van der Waals surface area (Å²) in [6.45, 7) is 2.28. The highest BCUT2D eigenvalue weighted by atomic mass is 127. The van der Waals surface area contributed by atoms with E-state index in [-0.39, 0.29) is 0 Å². The maximum atomic E-state index is 2.49. The molecule has 0 saturated heterocycles. The third-order valence-electron chi connectivity index (χ3n) is 1.24. The quantitative estimate of drug-likeness (QED) is 0.401. The minimum absolute atomic E-state index is 0.872. The van der Waals surface area contributed by atoms with Gasteiger partial charge in [0.1, 0.15) is 0 Å². The topological polar surface area (TPSA) is 0 Å². The van der Waals surface area contributed by atoms with Crippen LogP contribution in [0.4, 0.5) is 0 Å². The van der Waals surface area contributed by atoms with Crippen LogP contribution in [-0.4, -0.2) is 8.35 Å². The third-order valence-corrected chi connectivity index (χ3v) is 2.62. The molecule has 9 heavy (non-hydrogen) atoms. The van der Waals surface area contributed by atoms with Crippen molar-refractivity contribution in [2.24, 2.45) is 0 Å². The van der Waals surface area contributed by atoms with E-state index in [9.17, 15) is 0 Å². The van der Waals surface area contributed by atoms with E-state index in [4.69, 9.17) is 0 Å². The average molecular weight is 352 g/mol. The summed E-state index contributed by atoms with van der Waals surface area (Å²) in [7, 11) is 0. The Balaban J connectivity index is 2.75. The largest absolute Gasteiger partial charge is 0.0864 e. The van der Waals surface area contributed by atoms with E-state index in [1.54, 1.807) is 0 Å². The van der Waals surface area contributed by atoms with Crippen molar-refractivity contribution in [3.63, 3.8) is 0 Å². The highest BCUT2D eigenvalue weighted by Crippen LogP contribution is 2.10. The molecule has 0 heterocycles. The Morgan fingerprint density at radius 1 is 1.22 bits per heavy atom. The molecule has 0 aliphatic rings. The molecule has 0 amide bonds. The van der Waals surface area contributed by atoms with Gasteiger partial charge in [-0.15, -0.1) is 0 Å². The summed E-state index contributed by atoms with van der Waals surface area (Å²) in [5.74, 6) is 0. The smallest absolute Gasteiger partial charge is 0.00813 e. The number of rotatable bonds is 5. The summed E-state index contributed by atoms with van der Waals surface area (Å²) >= 11 is 4.93. The van der Waals surface area contributed by atoms with Crippen molar-refractivity contribution >= 4 is 45.2 Å². The van der Waals surface area contributed by atoms with Gasteiger partial charge in [0, 0.05) is 3.92 Å². The Labute approximate surface area is 85.5 Å². The number of unbranched alkanes of at least 4 members (excludes halogenated alkanes) is 2. The van der Waals surface area contributed by atoms with E-state index in [1.807, 2.05) is 0 Å². The second-order valence-electron chi connectivity index (χ2n) is 2.32. The average Bonchev–Trinajstić information content (AvgIpc) is 1.80. The first-order valence-electron chi connectivity index (χ1n) is 3.47. The van der Waals surface area contributed by atoms with Crippen LogP contribution in [-0.2, 0) is 0 Å². The summed E-state index contributed by atoms with van der Waals surface area (Å²) in [6, 6.07) is 0. The molecular weight excluding hydrogens is 338 g/mol. The molecule has 0 bridgehead atoms. The van der Waals surface area contributed by atoms with Crippen LogP contribution in [0.1, 0.15) is 32.6 Å². The zero-order valence-electron chi connectivity index (χ0n) is 5.87. The van der Waals surface area contributed by atoms with E-state index in [1.165, 1.54) is 30.1 Å². The van der Waals surface area contributed by atoms with Crippen molar-refractivity contribution in [1.29, 1.82) is 0 Å². The summed E-state index contributed by atoms with van der Waals surface area (Å²) in [5.41, 5.74) is 0. The second-order valence-corrected chi connectivity index (χ2v) is 5.52. The molecule has 0 rings (SSSR count). The molecule has 0 fully saturated rings. The van der Waals surface area contributed by atoms with Crippen molar-refractivity contribution in [2.75, 3.05) is 4.43 Å². The maximum Gasteiger partial charge on any atom is 0.00813 e. The van der Waals surface area contributed by atoms with E-state index >= 15 is 0 Å². The molecule has 1 atom stereocenters. The lowest BCUT2D eigenvalue weighted by atomic mass is 10.2. The zero-order chi connectivity index (χ0) is 7.11. The van der Waals surface area contributed by atoms with Gasteiger partial charge in [0.15, 0.2) is 0 Å². The predicted octanol–water partition coefficient (Wildman–Crippen LogP) is 3.81. The first kappa shape index (κ1) is 10.5. The molecule has 56 valence electrons. The first-order chi connectivity index (χ1) is 4.27. The molecule has 0 aliphatic carbocycles. The Bertz CT molecular complexity index is 52.9. The lowest BCUT2D eigenvalue weighted by Crippen LogP contribution is -1.88. The maximum absolute atomic E-state index is 2.49. The molecule has 2 heteroatoms. The fourth-order valence-corrected chi connectivity index (χ4v) is 1.68. The van der Waals surface area contributed by atoms with Gasteiger partial charge in [-0.3, -0.25) is 0 Å². The monoisotopic (exact) mass is 352 g/mol. The highest BCUT2D eigenvalue weighted by Gasteiger charge is 1.93. The van der Waals surface area contributed by atoms with Crippen LogP contribution < -0.4 is 0 Å². The lowest BCUT2D eigenvalue weighted by Gasteiger charge is -2.00. The van der Waals surface area contributed by atoms with Crippen LogP contribution in [0.5, 0.6) is 0 Å². The summed E-state index contributed by atoms with van der Waals surface area (Å²) in [5, 5.41) is 0. The third kappa shape index (κ3) is 9.46. The fourth-order valence-electron chi connectivity index (χ4n) is 0.697. The number of hydrogen-bond acceptors (Lipinski definition) is 0. The Hall–Kier alpha value is 1.46. The van der Waals surface area contributed by atoms with Gasteiger partial charge in [0.05, 0.1) is 0 Å². The fraction of sp³-hybridized carbons (Fsp3) is 1.00. The van der Waals surface area contributed by atoms with Gasteiger partial charge in [0.25, 0.3) is 0 Å². The highest BCUT2D eigenvalue weighted by molar-refractivity contribution is 14.1. The van der Waals surface area contributed by atoms with Gasteiger partial charge in [-0.05, 0) is 17.3 Å². The van der Waals surface area contributed by atoms with Crippen molar-refractivity contribution in [2.45, 2.75) is 36.5 Å². The number of hydrogen-bond donors (Lipinski definition) is 0. The molecule has 1 unspecified atom stereocenters. The van der Waals surface area contributed by atoms with Gasteiger partial charge < -0.3 is 0 Å². The summed E-state index contributed by atoms with van der Waals surface area (Å²) < 4.78 is 2.20. The molecule has 0 saturated carbocycles.